The van der Waals surface area contributed by atoms with E-state index in [1.165, 1.54) is 12.1 Å². The highest BCUT2D eigenvalue weighted by Gasteiger charge is 2.33. The number of piperidine rings is 3. The number of nitrogens with zero attached hydrogens (tertiary/aromatic N) is 13. The molecule has 4 aromatic heterocycles. The molecular formula is C50H64FN13O4S2. The van der Waals surface area contributed by atoms with Crippen LogP contribution in [0.25, 0.3) is 11.1 Å². The minimum Gasteiger partial charge on any atom is -0.356 e. The number of pyridine rings is 1. The van der Waals surface area contributed by atoms with Gasteiger partial charge in [-0.15, -0.1) is 30.6 Å². The van der Waals surface area contributed by atoms with Crippen molar-refractivity contribution in [1.82, 2.24) is 57.9 Å². The van der Waals surface area contributed by atoms with Gasteiger partial charge in [0.15, 0.2) is 0 Å². The van der Waals surface area contributed by atoms with Crippen LogP contribution >= 0.6 is 0 Å². The van der Waals surface area contributed by atoms with Gasteiger partial charge in [0.05, 0.1) is 9.79 Å². The van der Waals surface area contributed by atoms with Crippen LogP contribution < -0.4 is 4.90 Å². The Morgan fingerprint density at radius 3 is 1.24 bits per heavy atom. The fourth-order valence-electron chi connectivity index (χ4n) is 9.27. The molecule has 3 aliphatic heterocycles. The molecule has 3 aromatic carbocycles. The molecular weight excluding hydrogens is 930 g/mol. The third kappa shape index (κ3) is 11.8. The predicted molar refractivity (Wildman–Crippen MR) is 267 cm³/mol. The summed E-state index contributed by atoms with van der Waals surface area (Å²) >= 11 is 0. The number of sulfonamides is 2. The largest absolute Gasteiger partial charge is 0.356 e. The molecule has 0 spiro atoms. The average molecular weight is 994 g/mol. The zero-order valence-corrected chi connectivity index (χ0v) is 41.4. The van der Waals surface area contributed by atoms with Crippen LogP contribution in [0.2, 0.25) is 0 Å². The Morgan fingerprint density at radius 1 is 0.514 bits per heavy atom. The molecule has 7 heterocycles. The molecule has 7 aromatic rings. The van der Waals surface area contributed by atoms with Crippen molar-refractivity contribution in [2.24, 2.45) is 21.1 Å². The number of rotatable bonds is 9. The van der Waals surface area contributed by atoms with Crippen molar-refractivity contribution in [2.75, 3.05) is 44.2 Å². The molecule has 0 unspecified atom stereocenters. The fraction of sp³-hybridized carbons (Fsp3) is 0.420. The Morgan fingerprint density at radius 2 is 0.886 bits per heavy atom. The Bertz CT molecular complexity index is 2860. The van der Waals surface area contributed by atoms with E-state index in [2.05, 4.69) is 40.5 Å². The normalized spacial score (nSPS) is 16.7. The molecule has 3 saturated heterocycles. The highest BCUT2D eigenvalue weighted by Crippen LogP contribution is 2.35. The summed E-state index contributed by atoms with van der Waals surface area (Å²) in [6.07, 6.45) is 12.1. The summed E-state index contributed by atoms with van der Waals surface area (Å²) in [6, 6.07) is 24.6. The lowest BCUT2D eigenvalue weighted by Crippen LogP contribution is -2.38. The van der Waals surface area contributed by atoms with Crippen LogP contribution in [0.3, 0.4) is 0 Å². The number of anilines is 1. The topological polar surface area (TPSA) is 183 Å². The Hall–Kier alpha value is -6.22. The molecule has 70 heavy (non-hydrogen) atoms. The third-order valence-corrected chi connectivity index (χ3v) is 17.1. The van der Waals surface area contributed by atoms with E-state index in [-0.39, 0.29) is 25.1 Å². The molecule has 0 aliphatic carbocycles. The Labute approximate surface area is 411 Å². The third-order valence-electron chi connectivity index (χ3n) is 13.3. The van der Waals surface area contributed by atoms with Gasteiger partial charge < -0.3 is 18.6 Å². The standard InChI is InChI=1S/C19H20FN5.2C15H20N4O2S.CH4/c1-24-13-22-23-18(24)15-8-11-25(12-9-15)19-17(3-2-10-21-19)14-4-6-16(20)7-5-14;2*1-12-3-5-14(6-4-12)22(20,21)19-9-7-13(8-10-19)15-17-16-11-18(15)2;/h2-7,10,13,15H,8-9,11-12H2,1H3;2*3-6,11,13H,7-10H2,1-2H3;1H4. The van der Waals surface area contributed by atoms with E-state index in [1.54, 1.807) is 51.9 Å². The summed E-state index contributed by atoms with van der Waals surface area (Å²) in [7, 11) is -0.945. The van der Waals surface area contributed by atoms with Crippen LogP contribution in [0.15, 0.2) is 120 Å². The van der Waals surface area contributed by atoms with Crippen LogP contribution in [0, 0.1) is 19.7 Å². The Kier molecular flexibility index (Phi) is 16.7. The van der Waals surface area contributed by atoms with Gasteiger partial charge in [0.2, 0.25) is 20.0 Å². The lowest BCUT2D eigenvalue weighted by Gasteiger charge is -2.33. The molecule has 10 rings (SSSR count). The molecule has 0 N–H and O–H groups in total. The molecule has 20 heteroatoms. The van der Waals surface area contributed by atoms with Crippen molar-refractivity contribution in [2.45, 2.75) is 87.3 Å². The van der Waals surface area contributed by atoms with E-state index in [4.69, 9.17) is 0 Å². The van der Waals surface area contributed by atoms with Gasteiger partial charge in [-0.1, -0.05) is 55.0 Å². The Balaban J connectivity index is 0.000000154. The minimum atomic E-state index is -3.39. The highest BCUT2D eigenvalue weighted by molar-refractivity contribution is 7.89. The number of hydrogen-bond donors (Lipinski definition) is 0. The molecule has 17 nitrogen and oxygen atoms in total. The van der Waals surface area contributed by atoms with E-state index in [0.29, 0.717) is 41.9 Å². The van der Waals surface area contributed by atoms with Gasteiger partial charge in [-0.2, -0.15) is 8.61 Å². The number of aromatic nitrogens is 10. The smallest absolute Gasteiger partial charge is 0.243 e. The van der Waals surface area contributed by atoms with E-state index < -0.39 is 20.0 Å². The van der Waals surface area contributed by atoms with Crippen LogP contribution in [0.4, 0.5) is 10.2 Å². The molecule has 0 radical (unpaired) electrons. The van der Waals surface area contributed by atoms with Crippen molar-refractivity contribution < 1.29 is 21.2 Å². The monoisotopic (exact) mass is 993 g/mol. The maximum atomic E-state index is 13.2. The number of hydrogen-bond acceptors (Lipinski definition) is 12. The SMILES string of the molecule is C.Cc1ccc(S(=O)(=O)N2CCC(c3nncn3C)CC2)cc1.Cc1ccc(S(=O)(=O)N2CCC(c3nncn3C)CC2)cc1.Cn1cnnc1C1CCN(c2ncccc2-c2ccc(F)cc2)CC1. The molecule has 3 aliphatic rings. The number of aryl methyl sites for hydroxylation is 5. The molecule has 0 amide bonds. The second-order valence-corrected chi connectivity index (χ2v) is 21.9. The quantitative estimate of drug-likeness (QED) is 0.140. The maximum Gasteiger partial charge on any atom is 0.243 e. The summed E-state index contributed by atoms with van der Waals surface area (Å²) in [5.74, 6) is 4.65. The molecule has 0 bridgehead atoms. The fourth-order valence-corrected chi connectivity index (χ4v) is 12.2. The lowest BCUT2D eigenvalue weighted by atomic mass is 9.95. The maximum absolute atomic E-state index is 13.2. The number of benzene rings is 3. The summed E-state index contributed by atoms with van der Waals surface area (Å²) < 4.78 is 72.8. The summed E-state index contributed by atoms with van der Waals surface area (Å²) in [6.45, 7) is 7.82. The first-order valence-electron chi connectivity index (χ1n) is 23.3. The zero-order chi connectivity index (χ0) is 48.7. The van der Waals surface area contributed by atoms with Gasteiger partial charge in [0.1, 0.15) is 48.1 Å². The zero-order valence-electron chi connectivity index (χ0n) is 39.8. The summed E-state index contributed by atoms with van der Waals surface area (Å²) in [4.78, 5) is 7.66. The second kappa shape index (κ2) is 22.7. The van der Waals surface area contributed by atoms with Crippen LogP contribution in [0.5, 0.6) is 0 Å². The predicted octanol–water partition coefficient (Wildman–Crippen LogP) is 7.42. The van der Waals surface area contributed by atoms with Gasteiger partial charge in [0.25, 0.3) is 0 Å². The van der Waals surface area contributed by atoms with Crippen molar-refractivity contribution in [3.05, 3.63) is 145 Å². The van der Waals surface area contributed by atoms with E-state index >= 15 is 0 Å². The van der Waals surface area contributed by atoms with E-state index in [9.17, 15) is 21.2 Å². The van der Waals surface area contributed by atoms with Gasteiger partial charge in [-0.05, 0) is 106 Å². The van der Waals surface area contributed by atoms with Gasteiger partial charge in [-0.25, -0.2) is 26.2 Å². The first-order valence-corrected chi connectivity index (χ1v) is 26.2. The summed E-state index contributed by atoms with van der Waals surface area (Å²) in [5.41, 5.74) is 4.14. The van der Waals surface area contributed by atoms with Crippen molar-refractivity contribution in [1.29, 1.82) is 0 Å². The van der Waals surface area contributed by atoms with E-state index in [0.717, 1.165) is 97.2 Å². The van der Waals surface area contributed by atoms with Crippen molar-refractivity contribution in [3.8, 4) is 11.1 Å². The van der Waals surface area contributed by atoms with Crippen LogP contribution in [-0.2, 0) is 41.2 Å². The highest BCUT2D eigenvalue weighted by atomic mass is 32.2. The second-order valence-electron chi connectivity index (χ2n) is 18.0. The van der Waals surface area contributed by atoms with Crippen molar-refractivity contribution >= 4 is 25.9 Å². The van der Waals surface area contributed by atoms with Crippen molar-refractivity contribution in [3.63, 3.8) is 0 Å². The van der Waals surface area contributed by atoms with Crippen LogP contribution in [0.1, 0.15) is 92.3 Å². The molecule has 0 saturated carbocycles. The first-order chi connectivity index (χ1) is 33.2. The number of halogens is 1. The first kappa shape index (κ1) is 51.6. The van der Waals surface area contributed by atoms with Gasteiger partial charge >= 0.3 is 0 Å². The minimum absolute atomic E-state index is 0. The lowest BCUT2D eigenvalue weighted by molar-refractivity contribution is 0.310. The molecule has 3 fully saturated rings. The summed E-state index contributed by atoms with van der Waals surface area (Å²) in [5, 5.41) is 24.3. The molecule has 0 atom stereocenters. The van der Waals surface area contributed by atoms with Gasteiger partial charge in [0, 0.05) is 89.9 Å². The molecule has 372 valence electrons. The van der Waals surface area contributed by atoms with E-state index in [1.807, 2.05) is 103 Å². The van der Waals surface area contributed by atoms with Gasteiger partial charge in [-0.3, -0.25) is 0 Å². The average Bonchev–Trinajstić information content (AvgIpc) is 4.13. The van der Waals surface area contributed by atoms with Crippen LogP contribution in [-0.4, -0.2) is 114 Å².